The molecule has 2 aliphatic rings. The van der Waals surface area contributed by atoms with Gasteiger partial charge < -0.3 is 30.1 Å². The lowest BCUT2D eigenvalue weighted by atomic mass is 9.93. The molecule has 0 spiro atoms. The van der Waals surface area contributed by atoms with Crippen LogP contribution in [0.4, 0.5) is 4.39 Å². The Hall–Kier alpha value is -5.45. The van der Waals surface area contributed by atoms with Crippen molar-refractivity contribution in [3.8, 4) is 22.6 Å². The van der Waals surface area contributed by atoms with Gasteiger partial charge in [-0.25, -0.2) is 4.39 Å². The van der Waals surface area contributed by atoms with Crippen LogP contribution in [-0.2, 0) is 17.8 Å². The fraction of sp³-hybridized carbons (Fsp3) is 0.278. The highest BCUT2D eigenvalue weighted by Gasteiger charge is 2.28. The normalized spacial score (nSPS) is 14.9. The maximum Gasteiger partial charge on any atom is 0.270 e. The molecule has 3 N–H and O–H groups in total. The second-order valence-corrected chi connectivity index (χ2v) is 11.5. The first-order valence-corrected chi connectivity index (χ1v) is 15.5. The summed E-state index contributed by atoms with van der Waals surface area (Å²) in [5.41, 5.74) is 5.19. The van der Waals surface area contributed by atoms with E-state index in [1.54, 1.807) is 36.2 Å². The van der Waals surface area contributed by atoms with Crippen LogP contribution in [-0.4, -0.2) is 79.4 Å². The quantitative estimate of drug-likeness (QED) is 0.148. The second kappa shape index (κ2) is 13.9. The third-order valence-electron chi connectivity index (χ3n) is 8.78. The Kier molecular flexibility index (Phi) is 9.32. The summed E-state index contributed by atoms with van der Waals surface area (Å²) in [5.74, 6) is 5.67. The Bertz CT molecular complexity index is 1900. The SMILES string of the molecule is COc1ccccc1-c1cc(C2=CCCN(C(=O)CCN=C/C=N\N)C2)c(F)c2[nH]c(C(=O)N3CCc4cccc(OC)c4C3)cc12. The zero-order valence-corrected chi connectivity index (χ0v) is 26.5. The highest BCUT2D eigenvalue weighted by Crippen LogP contribution is 2.40. The minimum absolute atomic E-state index is 0.0728. The molecule has 0 atom stereocenters. The Balaban J connectivity index is 1.37. The first-order chi connectivity index (χ1) is 22.9. The average molecular weight is 637 g/mol. The maximum atomic E-state index is 16.6. The van der Waals surface area contributed by atoms with E-state index in [9.17, 15) is 9.59 Å². The van der Waals surface area contributed by atoms with Crippen LogP contribution >= 0.6 is 0 Å². The van der Waals surface area contributed by atoms with Crippen molar-refractivity contribution in [2.24, 2.45) is 15.9 Å². The minimum Gasteiger partial charge on any atom is -0.496 e. The number of hydrogen-bond donors (Lipinski definition) is 2. The molecule has 0 radical (unpaired) electrons. The van der Waals surface area contributed by atoms with E-state index in [2.05, 4.69) is 21.1 Å². The molecule has 47 heavy (non-hydrogen) atoms. The third kappa shape index (κ3) is 6.33. The Morgan fingerprint density at radius 1 is 0.957 bits per heavy atom. The molecule has 0 saturated heterocycles. The van der Waals surface area contributed by atoms with Crippen molar-refractivity contribution >= 4 is 40.7 Å². The van der Waals surface area contributed by atoms with Crippen LogP contribution in [0.25, 0.3) is 27.6 Å². The molecule has 10 nitrogen and oxygen atoms in total. The number of aliphatic imine (C=N–C) groups is 1. The number of rotatable bonds is 9. The number of halogens is 1. The van der Waals surface area contributed by atoms with Crippen molar-refractivity contribution in [2.45, 2.75) is 25.8 Å². The van der Waals surface area contributed by atoms with Crippen LogP contribution in [0.15, 0.2) is 70.8 Å². The molecule has 2 amide bonds. The van der Waals surface area contributed by atoms with E-state index in [1.807, 2.05) is 42.5 Å². The van der Waals surface area contributed by atoms with Gasteiger partial charge >= 0.3 is 0 Å². The largest absolute Gasteiger partial charge is 0.496 e. The number of fused-ring (bicyclic) bond motifs is 2. The van der Waals surface area contributed by atoms with E-state index >= 15 is 4.39 Å². The Morgan fingerprint density at radius 2 is 1.77 bits per heavy atom. The molecule has 0 aliphatic carbocycles. The molecule has 1 aromatic heterocycles. The number of aromatic nitrogens is 1. The van der Waals surface area contributed by atoms with Crippen molar-refractivity contribution < 1.29 is 23.5 Å². The zero-order valence-electron chi connectivity index (χ0n) is 26.5. The van der Waals surface area contributed by atoms with Gasteiger partial charge in [0, 0.05) is 67.4 Å². The van der Waals surface area contributed by atoms with Crippen LogP contribution in [0.3, 0.4) is 0 Å². The molecule has 0 unspecified atom stereocenters. The summed E-state index contributed by atoms with van der Waals surface area (Å²) in [6, 6.07) is 17.0. The number of aromatic amines is 1. The third-order valence-corrected chi connectivity index (χ3v) is 8.78. The molecule has 0 bridgehead atoms. The zero-order chi connectivity index (χ0) is 32.9. The lowest BCUT2D eigenvalue weighted by Crippen LogP contribution is -2.36. The number of hydrazone groups is 1. The first kappa shape index (κ1) is 31.5. The fourth-order valence-electron chi connectivity index (χ4n) is 6.41. The predicted molar refractivity (Wildman–Crippen MR) is 182 cm³/mol. The van der Waals surface area contributed by atoms with Crippen LogP contribution in [0.5, 0.6) is 11.5 Å². The fourth-order valence-corrected chi connectivity index (χ4v) is 6.41. The second-order valence-electron chi connectivity index (χ2n) is 11.5. The van der Waals surface area contributed by atoms with Gasteiger partial charge in [0.2, 0.25) is 5.91 Å². The van der Waals surface area contributed by atoms with E-state index in [0.29, 0.717) is 67.0 Å². The van der Waals surface area contributed by atoms with Gasteiger partial charge in [-0.2, -0.15) is 5.10 Å². The number of carbonyl (C=O) groups is 2. The topological polar surface area (TPSA) is 126 Å². The summed E-state index contributed by atoms with van der Waals surface area (Å²) in [6.07, 6.45) is 6.28. The molecule has 3 heterocycles. The monoisotopic (exact) mass is 636 g/mol. The number of benzene rings is 3. The van der Waals surface area contributed by atoms with E-state index in [1.165, 1.54) is 12.4 Å². The van der Waals surface area contributed by atoms with E-state index < -0.39 is 5.82 Å². The minimum atomic E-state index is -0.477. The number of nitrogens with two attached hydrogens (primary N) is 1. The standard InChI is InChI=1S/C36H37FN6O4/c1-46-31-10-4-3-9-25(31)27-19-26(24-8-6-17-42(21-24)33(44)12-14-39-15-16-40-38)34(37)35-28(27)20-30(41-35)36(45)43-18-13-23-7-5-11-32(47-2)29(23)22-43/h3-5,7-11,15-16,19-20,41H,6,12-14,17-18,21-22,38H2,1-2H3/b39-15?,40-16-. The molecule has 0 fully saturated rings. The molecule has 4 aromatic rings. The summed E-state index contributed by atoms with van der Waals surface area (Å²) in [4.78, 5) is 37.7. The number of ether oxygens (including phenoxy) is 2. The summed E-state index contributed by atoms with van der Waals surface area (Å²) in [5, 5.41) is 3.92. The molecule has 3 aromatic carbocycles. The average Bonchev–Trinajstić information content (AvgIpc) is 3.57. The Labute approximate surface area is 272 Å². The van der Waals surface area contributed by atoms with Gasteiger partial charge in [-0.3, -0.25) is 14.6 Å². The molecule has 6 rings (SSSR count). The van der Waals surface area contributed by atoms with Crippen molar-refractivity contribution in [1.29, 1.82) is 0 Å². The number of hydrogen-bond acceptors (Lipinski definition) is 7. The number of H-pyrrole nitrogens is 1. The summed E-state index contributed by atoms with van der Waals surface area (Å²) < 4.78 is 27.9. The smallest absolute Gasteiger partial charge is 0.270 e. The van der Waals surface area contributed by atoms with Crippen LogP contribution in [0, 0.1) is 5.82 Å². The summed E-state index contributed by atoms with van der Waals surface area (Å²) in [6.45, 7) is 2.01. The van der Waals surface area contributed by atoms with E-state index in [4.69, 9.17) is 15.3 Å². The molecule has 11 heteroatoms. The van der Waals surface area contributed by atoms with Crippen LogP contribution < -0.4 is 15.3 Å². The summed E-state index contributed by atoms with van der Waals surface area (Å²) >= 11 is 0. The van der Waals surface area contributed by atoms with Crippen molar-refractivity contribution in [2.75, 3.05) is 40.4 Å². The van der Waals surface area contributed by atoms with Crippen LogP contribution in [0.1, 0.15) is 40.0 Å². The van der Waals surface area contributed by atoms with Gasteiger partial charge in [0.05, 0.1) is 26.0 Å². The van der Waals surface area contributed by atoms with Crippen molar-refractivity contribution in [3.63, 3.8) is 0 Å². The molecule has 242 valence electrons. The van der Waals surface area contributed by atoms with E-state index in [0.717, 1.165) is 28.0 Å². The lowest BCUT2D eigenvalue weighted by molar-refractivity contribution is -0.130. The number of nitrogens with one attached hydrogen (secondary N) is 1. The van der Waals surface area contributed by atoms with Crippen molar-refractivity contribution in [1.82, 2.24) is 14.8 Å². The van der Waals surface area contributed by atoms with Gasteiger partial charge in [0.25, 0.3) is 5.91 Å². The predicted octanol–water partition coefficient (Wildman–Crippen LogP) is 5.21. The molecular formula is C36H37FN6O4. The van der Waals surface area contributed by atoms with Gasteiger partial charge in [-0.15, -0.1) is 0 Å². The van der Waals surface area contributed by atoms with Crippen molar-refractivity contribution in [3.05, 3.63) is 88.9 Å². The van der Waals surface area contributed by atoms with Gasteiger partial charge in [0.1, 0.15) is 17.2 Å². The number of methoxy groups -OCH3 is 2. The maximum absolute atomic E-state index is 16.6. The number of amides is 2. The highest BCUT2D eigenvalue weighted by atomic mass is 19.1. The summed E-state index contributed by atoms with van der Waals surface area (Å²) in [7, 11) is 3.22. The van der Waals surface area contributed by atoms with Crippen LogP contribution in [0.2, 0.25) is 0 Å². The van der Waals surface area contributed by atoms with Gasteiger partial charge in [-0.1, -0.05) is 36.4 Å². The number of carbonyl (C=O) groups excluding carboxylic acids is 2. The molecule has 0 saturated carbocycles. The van der Waals surface area contributed by atoms with E-state index in [-0.39, 0.29) is 30.3 Å². The first-order valence-electron chi connectivity index (χ1n) is 15.5. The number of para-hydroxylation sites is 1. The highest BCUT2D eigenvalue weighted by molar-refractivity contribution is 6.15. The Morgan fingerprint density at radius 3 is 2.57 bits per heavy atom. The lowest BCUT2D eigenvalue weighted by Gasteiger charge is -2.29. The van der Waals surface area contributed by atoms with Gasteiger partial charge in [0.15, 0.2) is 5.82 Å². The molecular weight excluding hydrogens is 599 g/mol. The molecule has 2 aliphatic heterocycles. The number of nitrogens with zero attached hydrogens (tertiary/aromatic N) is 4. The van der Waals surface area contributed by atoms with Gasteiger partial charge in [-0.05, 0) is 53.8 Å².